The smallest absolute Gasteiger partial charge is 0.331 e. The van der Waals surface area contributed by atoms with Crippen LogP contribution in [0.2, 0.25) is 0 Å². The molecule has 3 aromatic rings. The lowest BCUT2D eigenvalue weighted by molar-refractivity contribution is -0.150. The Labute approximate surface area is 149 Å². The van der Waals surface area contributed by atoms with Gasteiger partial charge in [0, 0.05) is 38.3 Å². The minimum absolute atomic E-state index is 0.140. The van der Waals surface area contributed by atoms with E-state index in [4.69, 9.17) is 0 Å². The van der Waals surface area contributed by atoms with Crippen LogP contribution in [-0.4, -0.2) is 54.1 Å². The molecule has 8 heteroatoms. The highest BCUT2D eigenvalue weighted by Crippen LogP contribution is 2.31. The Bertz CT molecular complexity index is 982. The van der Waals surface area contributed by atoms with Crippen LogP contribution in [0.4, 0.5) is 0 Å². The number of carbonyl (C=O) groups is 2. The zero-order chi connectivity index (χ0) is 18.3. The van der Waals surface area contributed by atoms with Gasteiger partial charge in [0.05, 0.1) is 12.4 Å². The minimum Gasteiger partial charge on any atom is -0.479 e. The lowest BCUT2D eigenvalue weighted by Gasteiger charge is -2.38. The van der Waals surface area contributed by atoms with E-state index < -0.39 is 11.5 Å². The highest BCUT2D eigenvalue weighted by Gasteiger charge is 2.45. The molecule has 134 valence electrons. The van der Waals surface area contributed by atoms with E-state index in [9.17, 15) is 14.7 Å². The monoisotopic (exact) mass is 353 g/mol. The Balaban J connectivity index is 1.57. The Morgan fingerprint density at radius 3 is 2.62 bits per heavy atom. The number of carbonyl (C=O) groups excluding carboxylic acids is 1. The number of nitrogens with zero attached hydrogens (tertiary/aromatic N) is 5. The van der Waals surface area contributed by atoms with Crippen LogP contribution in [-0.2, 0) is 10.3 Å². The van der Waals surface area contributed by atoms with E-state index in [1.807, 2.05) is 25.1 Å². The number of imidazole rings is 1. The highest BCUT2D eigenvalue weighted by atomic mass is 16.4. The summed E-state index contributed by atoms with van der Waals surface area (Å²) in [6, 6.07) is 5.55. The van der Waals surface area contributed by atoms with Crippen LogP contribution >= 0.6 is 0 Å². The van der Waals surface area contributed by atoms with Gasteiger partial charge in [0.2, 0.25) is 0 Å². The van der Waals surface area contributed by atoms with Crippen molar-refractivity contribution >= 4 is 17.5 Å². The number of carboxylic acids is 1. The summed E-state index contributed by atoms with van der Waals surface area (Å²) in [5.74, 6) is -1.05. The van der Waals surface area contributed by atoms with Gasteiger partial charge in [-0.25, -0.2) is 9.78 Å². The minimum atomic E-state index is -1.11. The lowest BCUT2D eigenvalue weighted by atomic mass is 9.87. The number of aryl methyl sites for hydroxylation is 1. The molecule has 0 saturated carbocycles. The fourth-order valence-corrected chi connectivity index (χ4v) is 3.52. The van der Waals surface area contributed by atoms with E-state index in [1.54, 1.807) is 34.1 Å². The first kappa shape index (κ1) is 16.3. The largest absolute Gasteiger partial charge is 0.479 e. The highest BCUT2D eigenvalue weighted by molar-refractivity contribution is 5.93. The van der Waals surface area contributed by atoms with Crippen molar-refractivity contribution in [1.29, 1.82) is 0 Å². The molecule has 4 heterocycles. The van der Waals surface area contributed by atoms with Gasteiger partial charge in [0.15, 0.2) is 5.54 Å². The number of amides is 1. The van der Waals surface area contributed by atoms with Gasteiger partial charge in [-0.2, -0.15) is 5.10 Å². The van der Waals surface area contributed by atoms with Gasteiger partial charge in [0.1, 0.15) is 11.3 Å². The van der Waals surface area contributed by atoms with Crippen molar-refractivity contribution in [3.63, 3.8) is 0 Å². The van der Waals surface area contributed by atoms with Crippen molar-refractivity contribution in [1.82, 2.24) is 24.1 Å². The SMILES string of the molecule is Cc1cnn(C2(C(=O)O)CCN(C(=O)c3cnc4ccccn34)CC2)c1. The normalized spacial score (nSPS) is 16.7. The van der Waals surface area contributed by atoms with Crippen molar-refractivity contribution in [2.24, 2.45) is 0 Å². The van der Waals surface area contributed by atoms with Crippen LogP contribution in [0, 0.1) is 6.92 Å². The molecule has 0 spiro atoms. The van der Waals surface area contributed by atoms with Gasteiger partial charge in [-0.1, -0.05) is 6.07 Å². The Hall–Kier alpha value is -3.16. The quantitative estimate of drug-likeness (QED) is 0.771. The molecule has 1 amide bonds. The maximum atomic E-state index is 12.9. The Kier molecular flexibility index (Phi) is 3.75. The maximum absolute atomic E-state index is 12.9. The second kappa shape index (κ2) is 5.98. The summed E-state index contributed by atoms with van der Waals surface area (Å²) in [4.78, 5) is 30.8. The summed E-state index contributed by atoms with van der Waals surface area (Å²) in [5.41, 5.74) is 0.998. The van der Waals surface area contributed by atoms with Crippen molar-refractivity contribution in [3.05, 3.63) is 54.2 Å². The fraction of sp³-hybridized carbons (Fsp3) is 0.333. The van der Waals surface area contributed by atoms with E-state index >= 15 is 0 Å². The number of fused-ring (bicyclic) bond motifs is 1. The predicted molar refractivity (Wildman–Crippen MR) is 92.9 cm³/mol. The number of aliphatic carboxylic acids is 1. The summed E-state index contributed by atoms with van der Waals surface area (Å²) < 4.78 is 3.28. The van der Waals surface area contributed by atoms with Crippen LogP contribution in [0.3, 0.4) is 0 Å². The Morgan fingerprint density at radius 1 is 1.19 bits per heavy atom. The van der Waals surface area contributed by atoms with Crippen LogP contribution in [0.15, 0.2) is 43.0 Å². The molecule has 1 saturated heterocycles. The second-order valence-electron chi connectivity index (χ2n) is 6.66. The summed E-state index contributed by atoms with van der Waals surface area (Å²) in [7, 11) is 0. The molecule has 1 fully saturated rings. The number of rotatable bonds is 3. The molecular weight excluding hydrogens is 334 g/mol. The van der Waals surface area contributed by atoms with Gasteiger partial charge in [0.25, 0.3) is 5.91 Å². The van der Waals surface area contributed by atoms with Crippen molar-refractivity contribution in [3.8, 4) is 0 Å². The molecule has 8 nitrogen and oxygen atoms in total. The number of carboxylic acid groups (broad SMARTS) is 1. The third-order valence-corrected chi connectivity index (χ3v) is 5.06. The van der Waals surface area contributed by atoms with Gasteiger partial charge in [-0.05, 0) is 24.6 Å². The lowest BCUT2D eigenvalue weighted by Crippen LogP contribution is -2.52. The third kappa shape index (κ3) is 2.45. The first-order chi connectivity index (χ1) is 12.5. The first-order valence-corrected chi connectivity index (χ1v) is 8.48. The van der Waals surface area contributed by atoms with E-state index in [0.29, 0.717) is 37.3 Å². The van der Waals surface area contributed by atoms with Crippen LogP contribution < -0.4 is 0 Å². The van der Waals surface area contributed by atoms with Gasteiger partial charge in [-0.15, -0.1) is 0 Å². The third-order valence-electron chi connectivity index (χ3n) is 5.06. The zero-order valence-corrected chi connectivity index (χ0v) is 14.4. The van der Waals surface area contributed by atoms with E-state index in [2.05, 4.69) is 10.1 Å². The molecule has 0 aromatic carbocycles. The number of pyridine rings is 1. The number of hydrogen-bond donors (Lipinski definition) is 1. The average Bonchev–Trinajstić information content (AvgIpc) is 3.27. The molecule has 3 aromatic heterocycles. The zero-order valence-electron chi connectivity index (χ0n) is 14.4. The van der Waals surface area contributed by atoms with Crippen LogP contribution in [0.5, 0.6) is 0 Å². The van der Waals surface area contributed by atoms with E-state index in [1.165, 1.54) is 4.68 Å². The first-order valence-electron chi connectivity index (χ1n) is 8.48. The molecule has 4 rings (SSSR count). The molecule has 0 unspecified atom stereocenters. The molecule has 1 aliphatic rings. The van der Waals surface area contributed by atoms with Crippen LogP contribution in [0.25, 0.3) is 5.65 Å². The summed E-state index contributed by atoms with van der Waals surface area (Å²) in [5, 5.41) is 14.0. The molecule has 26 heavy (non-hydrogen) atoms. The fourth-order valence-electron chi connectivity index (χ4n) is 3.52. The van der Waals surface area contributed by atoms with Crippen molar-refractivity contribution < 1.29 is 14.7 Å². The van der Waals surface area contributed by atoms with E-state index in [-0.39, 0.29) is 5.91 Å². The van der Waals surface area contributed by atoms with Gasteiger partial charge < -0.3 is 10.0 Å². The molecule has 0 radical (unpaired) electrons. The van der Waals surface area contributed by atoms with E-state index in [0.717, 1.165) is 5.56 Å². The van der Waals surface area contributed by atoms with Crippen molar-refractivity contribution in [2.45, 2.75) is 25.3 Å². The molecule has 1 N–H and O–H groups in total. The number of aromatic nitrogens is 4. The van der Waals surface area contributed by atoms with Crippen LogP contribution in [0.1, 0.15) is 28.9 Å². The number of hydrogen-bond acceptors (Lipinski definition) is 4. The predicted octanol–water partition coefficient (Wildman–Crippen LogP) is 1.56. The average molecular weight is 353 g/mol. The summed E-state index contributed by atoms with van der Waals surface area (Å²) >= 11 is 0. The molecular formula is C18H19N5O3. The molecule has 0 aliphatic carbocycles. The summed E-state index contributed by atoms with van der Waals surface area (Å²) in [6.45, 7) is 2.58. The molecule has 0 atom stereocenters. The number of likely N-dealkylation sites (tertiary alicyclic amines) is 1. The standard InChI is InChI=1S/C18H19N5O3/c1-13-10-20-23(12-13)18(17(25)26)5-8-21(9-6-18)16(24)14-11-19-15-4-2-3-7-22(14)15/h2-4,7,10-12H,5-6,8-9H2,1H3,(H,25,26). The van der Waals surface area contributed by atoms with Crippen molar-refractivity contribution in [2.75, 3.05) is 13.1 Å². The van der Waals surface area contributed by atoms with Gasteiger partial charge in [-0.3, -0.25) is 13.9 Å². The topological polar surface area (TPSA) is 92.7 Å². The number of piperidine rings is 1. The molecule has 1 aliphatic heterocycles. The van der Waals surface area contributed by atoms with Gasteiger partial charge >= 0.3 is 5.97 Å². The maximum Gasteiger partial charge on any atom is 0.331 e. The Morgan fingerprint density at radius 2 is 1.96 bits per heavy atom. The second-order valence-corrected chi connectivity index (χ2v) is 6.66. The summed E-state index contributed by atoms with van der Waals surface area (Å²) in [6.07, 6.45) is 7.38. The molecule has 0 bridgehead atoms.